The normalized spacial score (nSPS) is 19.1. The van der Waals surface area contributed by atoms with Gasteiger partial charge >= 0.3 is 0 Å². The van der Waals surface area contributed by atoms with Crippen molar-refractivity contribution in [3.63, 3.8) is 0 Å². The van der Waals surface area contributed by atoms with Crippen LogP contribution in [0, 0.1) is 3.95 Å². The number of aromatic nitrogens is 2. The van der Waals surface area contributed by atoms with E-state index in [2.05, 4.69) is 34.4 Å². The smallest absolute Gasteiger partial charge is 0.209 e. The molecule has 0 aliphatic carbocycles. The van der Waals surface area contributed by atoms with E-state index in [1.54, 1.807) is 4.68 Å². The lowest BCUT2D eigenvalue weighted by molar-refractivity contribution is 0.165. The Bertz CT molecular complexity index is 903. The van der Waals surface area contributed by atoms with Crippen molar-refractivity contribution in [3.8, 4) is 0 Å². The van der Waals surface area contributed by atoms with Crippen LogP contribution < -0.4 is 5.32 Å². The minimum Gasteiger partial charge on any atom is -0.330 e. The molecule has 9 heteroatoms. The number of benzene rings is 1. The first-order valence-electron chi connectivity index (χ1n) is 8.78. The van der Waals surface area contributed by atoms with Crippen LogP contribution in [-0.2, 0) is 22.9 Å². The van der Waals surface area contributed by atoms with E-state index in [9.17, 15) is 8.42 Å². The van der Waals surface area contributed by atoms with E-state index in [1.807, 2.05) is 19.1 Å². The summed E-state index contributed by atoms with van der Waals surface area (Å²) in [4.78, 5) is 2.14. The third-order valence-electron chi connectivity index (χ3n) is 4.67. The first-order chi connectivity index (χ1) is 12.4. The van der Waals surface area contributed by atoms with Gasteiger partial charge in [0.05, 0.1) is 18.2 Å². The van der Waals surface area contributed by atoms with Crippen LogP contribution in [0.15, 0.2) is 24.3 Å². The molecule has 0 unspecified atom stereocenters. The Morgan fingerprint density at radius 1 is 1.35 bits per heavy atom. The van der Waals surface area contributed by atoms with Gasteiger partial charge in [-0.3, -0.25) is 4.90 Å². The van der Waals surface area contributed by atoms with Crippen molar-refractivity contribution >= 4 is 44.2 Å². The Balaban J connectivity index is 1.69. The molecule has 142 valence electrons. The zero-order chi connectivity index (χ0) is 18.7. The predicted molar refractivity (Wildman–Crippen MR) is 109 cm³/mol. The Morgan fingerprint density at radius 2 is 2.08 bits per heavy atom. The summed E-state index contributed by atoms with van der Waals surface area (Å²) in [5, 5.41) is 8.61. The standard InChI is InChI=1S/C17H24N4O2S3/c1-3-13-5-7-14(8-6-13)18-16-19-21(17(24)25-16)12-20(4-2)15-9-10-26(22,23)11-15/h5-8,15H,3-4,9-12H2,1-2H3,(H,18,19)/t15-/m0/s1. The Hall–Kier alpha value is -1.29. The summed E-state index contributed by atoms with van der Waals surface area (Å²) in [6.45, 7) is 5.45. The fraction of sp³-hybridized carbons (Fsp3) is 0.529. The molecule has 3 rings (SSSR count). The van der Waals surface area contributed by atoms with Gasteiger partial charge in [-0.2, -0.15) is 0 Å². The summed E-state index contributed by atoms with van der Waals surface area (Å²) in [6.07, 6.45) is 1.69. The highest BCUT2D eigenvalue weighted by atomic mass is 32.2. The lowest BCUT2D eigenvalue weighted by atomic mass is 10.1. The molecule has 26 heavy (non-hydrogen) atoms. The molecule has 0 saturated carbocycles. The molecule has 0 spiro atoms. The number of anilines is 2. The van der Waals surface area contributed by atoms with Crippen molar-refractivity contribution in [2.24, 2.45) is 0 Å². The third-order valence-corrected chi connectivity index (χ3v) is 7.64. The van der Waals surface area contributed by atoms with Crippen molar-refractivity contribution in [2.45, 2.75) is 39.4 Å². The molecule has 1 aromatic carbocycles. The quantitative estimate of drug-likeness (QED) is 0.703. The van der Waals surface area contributed by atoms with Crippen molar-refractivity contribution in [3.05, 3.63) is 33.8 Å². The highest BCUT2D eigenvalue weighted by molar-refractivity contribution is 7.91. The Morgan fingerprint density at radius 3 is 2.65 bits per heavy atom. The number of nitrogens with zero attached hydrogens (tertiary/aromatic N) is 3. The summed E-state index contributed by atoms with van der Waals surface area (Å²) in [7, 11) is -2.90. The minimum atomic E-state index is -2.90. The van der Waals surface area contributed by atoms with Crippen LogP contribution in [0.4, 0.5) is 10.8 Å². The molecule has 0 amide bonds. The average Bonchev–Trinajstić information content (AvgIpc) is 3.15. The maximum atomic E-state index is 11.8. The second-order valence-electron chi connectivity index (χ2n) is 6.45. The van der Waals surface area contributed by atoms with E-state index < -0.39 is 9.84 Å². The van der Waals surface area contributed by atoms with E-state index in [0.717, 1.165) is 23.8 Å². The van der Waals surface area contributed by atoms with Crippen molar-refractivity contribution in [2.75, 3.05) is 23.4 Å². The fourth-order valence-electron chi connectivity index (χ4n) is 3.10. The van der Waals surface area contributed by atoms with E-state index in [-0.39, 0.29) is 17.5 Å². The Kier molecular flexibility index (Phi) is 6.11. The minimum absolute atomic E-state index is 0.0478. The molecule has 0 radical (unpaired) electrons. The number of nitrogens with one attached hydrogen (secondary N) is 1. The molecular formula is C17H24N4O2S3. The van der Waals surface area contributed by atoms with Crippen LogP contribution in [0.1, 0.15) is 25.8 Å². The van der Waals surface area contributed by atoms with Gasteiger partial charge in [0.2, 0.25) is 5.13 Å². The molecule has 1 saturated heterocycles. The Labute approximate surface area is 163 Å². The summed E-state index contributed by atoms with van der Waals surface area (Å²) in [6, 6.07) is 8.31. The number of hydrogen-bond donors (Lipinski definition) is 1. The summed E-state index contributed by atoms with van der Waals surface area (Å²) >= 11 is 6.87. The number of rotatable bonds is 7. The zero-order valence-corrected chi connectivity index (χ0v) is 17.5. The van der Waals surface area contributed by atoms with Gasteiger partial charge in [0, 0.05) is 11.7 Å². The van der Waals surface area contributed by atoms with Crippen LogP contribution >= 0.6 is 23.6 Å². The third kappa shape index (κ3) is 4.70. The zero-order valence-electron chi connectivity index (χ0n) is 15.0. The number of sulfone groups is 1. The topological polar surface area (TPSA) is 67.2 Å². The second-order valence-corrected chi connectivity index (χ2v) is 10.3. The molecular weight excluding hydrogens is 388 g/mol. The maximum absolute atomic E-state index is 11.8. The molecule has 2 aromatic rings. The molecule has 1 aromatic heterocycles. The van der Waals surface area contributed by atoms with Crippen LogP contribution in [0.5, 0.6) is 0 Å². The molecule has 0 bridgehead atoms. The van der Waals surface area contributed by atoms with Gasteiger partial charge in [-0.1, -0.05) is 37.3 Å². The van der Waals surface area contributed by atoms with Gasteiger partial charge < -0.3 is 5.32 Å². The van der Waals surface area contributed by atoms with Gasteiger partial charge in [0.25, 0.3) is 0 Å². The lowest BCUT2D eigenvalue weighted by Crippen LogP contribution is -2.37. The maximum Gasteiger partial charge on any atom is 0.209 e. The molecule has 1 aliphatic rings. The summed E-state index contributed by atoms with van der Waals surface area (Å²) < 4.78 is 26.0. The van der Waals surface area contributed by atoms with Gasteiger partial charge in [-0.15, -0.1) is 5.10 Å². The van der Waals surface area contributed by atoms with Crippen molar-refractivity contribution < 1.29 is 8.42 Å². The molecule has 1 fully saturated rings. The number of aryl methyl sites for hydroxylation is 1. The highest BCUT2D eigenvalue weighted by Crippen LogP contribution is 2.23. The van der Waals surface area contributed by atoms with Crippen LogP contribution in [0.25, 0.3) is 0 Å². The average molecular weight is 413 g/mol. The van der Waals surface area contributed by atoms with E-state index >= 15 is 0 Å². The fourth-order valence-corrected chi connectivity index (χ4v) is 5.88. The van der Waals surface area contributed by atoms with E-state index in [1.165, 1.54) is 16.9 Å². The number of hydrogen-bond acceptors (Lipinski definition) is 7. The van der Waals surface area contributed by atoms with Gasteiger partial charge in [-0.05, 0) is 49.3 Å². The van der Waals surface area contributed by atoms with Gasteiger partial charge in [0.15, 0.2) is 13.8 Å². The highest BCUT2D eigenvalue weighted by Gasteiger charge is 2.31. The van der Waals surface area contributed by atoms with Crippen LogP contribution in [-0.4, -0.2) is 47.2 Å². The second kappa shape index (κ2) is 8.16. The summed E-state index contributed by atoms with van der Waals surface area (Å²) in [5.41, 5.74) is 2.27. The first-order valence-corrected chi connectivity index (χ1v) is 11.8. The van der Waals surface area contributed by atoms with Crippen LogP contribution in [0.3, 0.4) is 0 Å². The molecule has 1 N–H and O–H groups in total. The molecule has 2 heterocycles. The van der Waals surface area contributed by atoms with Crippen LogP contribution in [0.2, 0.25) is 0 Å². The van der Waals surface area contributed by atoms with Crippen molar-refractivity contribution in [1.82, 2.24) is 14.7 Å². The summed E-state index contributed by atoms with van der Waals surface area (Å²) in [5.74, 6) is 0.504. The van der Waals surface area contributed by atoms with Gasteiger partial charge in [0.1, 0.15) is 0 Å². The lowest BCUT2D eigenvalue weighted by Gasteiger charge is -2.25. The molecule has 6 nitrogen and oxygen atoms in total. The largest absolute Gasteiger partial charge is 0.330 e. The van der Waals surface area contributed by atoms with Crippen molar-refractivity contribution in [1.29, 1.82) is 0 Å². The first kappa shape index (κ1) is 19.5. The van der Waals surface area contributed by atoms with E-state index in [4.69, 9.17) is 12.2 Å². The molecule has 1 atom stereocenters. The monoisotopic (exact) mass is 412 g/mol. The van der Waals surface area contributed by atoms with E-state index in [0.29, 0.717) is 17.0 Å². The predicted octanol–water partition coefficient (Wildman–Crippen LogP) is 3.45. The molecule has 1 aliphatic heterocycles. The van der Waals surface area contributed by atoms with Gasteiger partial charge in [-0.25, -0.2) is 13.1 Å². The SMILES string of the molecule is CCc1ccc(Nc2nn(CN(CC)[C@H]3CCS(=O)(=O)C3)c(=S)s2)cc1.